The van der Waals surface area contributed by atoms with Crippen molar-refractivity contribution in [2.24, 2.45) is 29.6 Å². The average molecular weight is 823 g/mol. The quantitative estimate of drug-likeness (QED) is 0.180. The fourth-order valence-electron chi connectivity index (χ4n) is 11.7. The number of fused-ring (bicyclic) bond motifs is 10. The molecule has 4 aromatic carbocycles. The van der Waals surface area contributed by atoms with Gasteiger partial charge in [0.2, 0.25) is 0 Å². The van der Waals surface area contributed by atoms with Gasteiger partial charge in [-0.2, -0.15) is 0 Å². The second-order valence-electron chi connectivity index (χ2n) is 18.4. The summed E-state index contributed by atoms with van der Waals surface area (Å²) < 4.78 is 11.8. The molecular weight excluding hydrogens is 757 g/mol. The number of aryl methyl sites for hydroxylation is 5. The molecule has 6 fully saturated rings. The number of hydrogen-bond donors (Lipinski definition) is 0. The molecule has 2 saturated carbocycles. The number of Topliss-reactive ketones (excluding diaryl/α,β-unsaturated/α-hetero) is 4. The minimum absolute atomic E-state index is 0.0334. The number of hydrogen-bond acceptors (Lipinski definition) is 6. The van der Waals surface area contributed by atoms with Gasteiger partial charge in [0.15, 0.2) is 23.1 Å². The third-order valence-electron chi connectivity index (χ3n) is 14.1. The third kappa shape index (κ3) is 7.93. The Bertz CT molecular complexity index is 2200. The molecule has 6 heteroatoms. The molecule has 0 aromatic heterocycles. The van der Waals surface area contributed by atoms with E-state index in [9.17, 15) is 19.2 Å². The van der Waals surface area contributed by atoms with Crippen LogP contribution in [-0.4, -0.2) is 47.5 Å². The number of ether oxygens (including phenoxy) is 2. The summed E-state index contributed by atoms with van der Waals surface area (Å²) in [6.07, 6.45) is 4.61. The van der Waals surface area contributed by atoms with Gasteiger partial charge in [-0.1, -0.05) is 120 Å². The van der Waals surface area contributed by atoms with Crippen LogP contribution in [0.1, 0.15) is 124 Å². The largest absolute Gasteiger partial charge is 0.373 e. The molecule has 4 heterocycles. The first-order chi connectivity index (χ1) is 29.3. The molecule has 6 nitrogen and oxygen atoms in total. The van der Waals surface area contributed by atoms with Crippen molar-refractivity contribution in [2.45, 2.75) is 145 Å². The van der Waals surface area contributed by atoms with Crippen molar-refractivity contribution in [2.75, 3.05) is 0 Å². The zero-order valence-corrected chi connectivity index (χ0v) is 38.3. The number of rotatable bonds is 6. The Balaban J connectivity index is 0.000000171. The van der Waals surface area contributed by atoms with E-state index >= 15 is 0 Å². The van der Waals surface area contributed by atoms with E-state index < -0.39 is 11.8 Å². The average Bonchev–Trinajstić information content (AvgIpc) is 4.12. The van der Waals surface area contributed by atoms with E-state index in [1.165, 1.54) is 16.7 Å². The van der Waals surface area contributed by atoms with Gasteiger partial charge in [0.05, 0.1) is 48.1 Å². The smallest absolute Gasteiger partial charge is 0.154 e. The molecule has 0 spiro atoms. The Kier molecular flexibility index (Phi) is 13.2. The van der Waals surface area contributed by atoms with Crippen LogP contribution in [0.2, 0.25) is 0 Å². The lowest BCUT2D eigenvalue weighted by atomic mass is 9.81. The van der Waals surface area contributed by atoms with Gasteiger partial charge in [-0.3, -0.25) is 19.2 Å². The molecule has 4 bridgehead atoms. The summed E-state index contributed by atoms with van der Waals surface area (Å²) in [5, 5.41) is 0. The summed E-state index contributed by atoms with van der Waals surface area (Å²) in [6, 6.07) is 25.7. The molecule has 6 aliphatic rings. The van der Waals surface area contributed by atoms with Gasteiger partial charge in [0.1, 0.15) is 11.8 Å². The Morgan fingerprint density at radius 2 is 0.754 bits per heavy atom. The molecule has 0 amide bonds. The molecule has 61 heavy (non-hydrogen) atoms. The van der Waals surface area contributed by atoms with Crippen LogP contribution in [0.25, 0.3) is 22.3 Å². The van der Waals surface area contributed by atoms with Crippen LogP contribution in [0.5, 0.6) is 0 Å². The zero-order valence-electron chi connectivity index (χ0n) is 38.3. The minimum atomic E-state index is -0.602. The first-order valence-corrected chi connectivity index (χ1v) is 23.1. The summed E-state index contributed by atoms with van der Waals surface area (Å²) in [5.41, 5.74) is 13.2. The van der Waals surface area contributed by atoms with Crippen molar-refractivity contribution in [3.63, 3.8) is 0 Å². The first-order valence-electron chi connectivity index (χ1n) is 23.1. The Morgan fingerprint density at radius 3 is 1.05 bits per heavy atom. The molecule has 10 rings (SSSR count). The van der Waals surface area contributed by atoms with E-state index in [1.54, 1.807) is 0 Å². The minimum Gasteiger partial charge on any atom is -0.373 e. The summed E-state index contributed by atoms with van der Waals surface area (Å²) in [4.78, 5) is 52.9. The molecule has 4 saturated heterocycles. The number of ketones is 4. The van der Waals surface area contributed by atoms with E-state index in [0.29, 0.717) is 5.92 Å². The lowest BCUT2D eigenvalue weighted by Crippen LogP contribution is -2.29. The molecule has 2 unspecified atom stereocenters. The highest BCUT2D eigenvalue weighted by atomic mass is 16.5. The molecule has 4 aromatic rings. The van der Waals surface area contributed by atoms with Crippen LogP contribution in [0.3, 0.4) is 0 Å². The van der Waals surface area contributed by atoms with Crippen LogP contribution in [-0.2, 0) is 35.1 Å². The second kappa shape index (κ2) is 18.1. The number of carbonyl (C=O) groups is 4. The van der Waals surface area contributed by atoms with Crippen molar-refractivity contribution in [1.82, 2.24) is 0 Å². The molecule has 2 aliphatic carbocycles. The topological polar surface area (TPSA) is 86.7 Å². The van der Waals surface area contributed by atoms with E-state index in [4.69, 9.17) is 9.47 Å². The Hall–Kier alpha value is -4.52. The Labute approximate surface area is 364 Å². The third-order valence-corrected chi connectivity index (χ3v) is 14.1. The molecule has 4 aliphatic heterocycles. The standard InChI is InChI=1S/C27H30O3.C24H24O3.2C2H6/c1-14(2)11-17-5-7-18(8-6-17)19-12-15(3)22(16(4)13-19)25-26(28)23-20-9-10-21(30-20)24(23)27(25)29;1-12-4-6-15(7-5-12)16-10-13(2)19(14(3)11-16)22-23(25)20-17-8-9-18(27-17)21(20)24(22)26;2*1-2/h5-8,12-14,20-21,23-25H,9-11H2,1-4H3;4-7,10-11,17-18,20-22H,8-9H2,1-3H3;2*1-2H3/t20-,21+,23-,24+,25?;17-,18+,20-,21+,22?;;. The molecule has 0 radical (unpaired) electrons. The fourth-order valence-corrected chi connectivity index (χ4v) is 11.7. The summed E-state index contributed by atoms with van der Waals surface area (Å²) in [5.74, 6) is -1.05. The maximum absolute atomic E-state index is 13.3. The van der Waals surface area contributed by atoms with Gasteiger partial charge < -0.3 is 9.47 Å². The first kappa shape index (κ1) is 44.5. The van der Waals surface area contributed by atoms with Crippen molar-refractivity contribution in [3.8, 4) is 22.3 Å². The highest BCUT2D eigenvalue weighted by molar-refractivity contribution is 6.18. The Morgan fingerprint density at radius 1 is 0.459 bits per heavy atom. The van der Waals surface area contributed by atoms with Crippen LogP contribution in [0.15, 0.2) is 72.8 Å². The van der Waals surface area contributed by atoms with Gasteiger partial charge in [0.25, 0.3) is 0 Å². The highest BCUT2D eigenvalue weighted by Gasteiger charge is 2.64. The SMILES string of the molecule is CC.CC.Cc1cc(-c2ccc(CC(C)C)cc2)cc(C)c1C1C(=O)[C@@H]2[C@H](C1=O)[C@H]1CC[C@@H]2O1.Cc1ccc(-c2cc(C)c(C3C(=O)[C@@H]4[C@H](C3=O)[C@H]3CC[C@@H]4O3)c(C)c2)cc1. The van der Waals surface area contributed by atoms with E-state index in [-0.39, 0.29) is 71.2 Å². The van der Waals surface area contributed by atoms with Gasteiger partial charge in [-0.15, -0.1) is 0 Å². The van der Waals surface area contributed by atoms with Crippen LogP contribution in [0.4, 0.5) is 0 Å². The van der Waals surface area contributed by atoms with Gasteiger partial charge in [-0.05, 0) is 134 Å². The number of benzene rings is 4. The van der Waals surface area contributed by atoms with Crippen molar-refractivity contribution in [3.05, 3.63) is 117 Å². The lowest BCUT2D eigenvalue weighted by molar-refractivity contribution is -0.129. The molecule has 0 N–H and O–H groups in total. The number of carbonyl (C=O) groups excluding carboxylic acids is 4. The maximum Gasteiger partial charge on any atom is 0.154 e. The van der Waals surface area contributed by atoms with Crippen molar-refractivity contribution >= 4 is 23.1 Å². The maximum atomic E-state index is 13.3. The zero-order chi connectivity index (χ0) is 44.0. The molecule has 10 atom stereocenters. The van der Waals surface area contributed by atoms with Crippen molar-refractivity contribution < 1.29 is 28.7 Å². The van der Waals surface area contributed by atoms with E-state index in [0.717, 1.165) is 82.2 Å². The normalized spacial score (nSPS) is 28.9. The summed E-state index contributed by atoms with van der Waals surface area (Å²) >= 11 is 0. The lowest BCUT2D eigenvalue weighted by Gasteiger charge is -2.19. The van der Waals surface area contributed by atoms with E-state index in [1.807, 2.05) is 55.4 Å². The predicted octanol–water partition coefficient (Wildman–Crippen LogP) is 11.6. The van der Waals surface area contributed by atoms with E-state index in [2.05, 4.69) is 93.6 Å². The molecular formula is C55H66O6. The summed E-state index contributed by atoms with van der Waals surface area (Å²) in [6.45, 7) is 22.7. The van der Waals surface area contributed by atoms with Gasteiger partial charge in [-0.25, -0.2) is 0 Å². The van der Waals surface area contributed by atoms with Crippen LogP contribution < -0.4 is 0 Å². The fraction of sp³-hybridized carbons (Fsp3) is 0.491. The van der Waals surface area contributed by atoms with Crippen LogP contribution in [0, 0.1) is 64.2 Å². The predicted molar refractivity (Wildman–Crippen MR) is 244 cm³/mol. The van der Waals surface area contributed by atoms with Gasteiger partial charge >= 0.3 is 0 Å². The monoisotopic (exact) mass is 822 g/mol. The molecule has 322 valence electrons. The van der Waals surface area contributed by atoms with Gasteiger partial charge in [0, 0.05) is 0 Å². The highest BCUT2D eigenvalue weighted by Crippen LogP contribution is 2.54. The van der Waals surface area contributed by atoms with Crippen LogP contribution >= 0.6 is 0 Å². The van der Waals surface area contributed by atoms with Crippen molar-refractivity contribution in [1.29, 1.82) is 0 Å². The second-order valence-corrected chi connectivity index (χ2v) is 18.4. The summed E-state index contributed by atoms with van der Waals surface area (Å²) in [7, 11) is 0.